The number of hydrogen-bond acceptors (Lipinski definition) is 8. The van der Waals surface area contributed by atoms with Gasteiger partial charge in [-0.15, -0.1) is 0 Å². The van der Waals surface area contributed by atoms with Crippen LogP contribution in [-0.4, -0.2) is 7.54 Å². The molecule has 2 unspecified atom stereocenters. The maximum absolute atomic E-state index is 9.67. The van der Waals surface area contributed by atoms with E-state index in [1.165, 1.54) is 67.2 Å². The van der Waals surface area contributed by atoms with Crippen molar-refractivity contribution in [2.45, 2.75) is 65.1 Å². The molecule has 252 valence electrons. The summed E-state index contributed by atoms with van der Waals surface area (Å²) in [5, 5.41) is 0. The van der Waals surface area contributed by atoms with E-state index in [0.717, 1.165) is 0 Å². The lowest BCUT2D eigenvalue weighted by molar-refractivity contribution is -0.420. The van der Waals surface area contributed by atoms with Crippen molar-refractivity contribution in [1.82, 2.24) is 0 Å². The van der Waals surface area contributed by atoms with Gasteiger partial charge in [0.05, 0.1) is 16.9 Å². The van der Waals surface area contributed by atoms with Crippen molar-refractivity contribution in [2.24, 2.45) is 0 Å². The monoisotopic (exact) mass is 862 g/mol. The van der Waals surface area contributed by atoms with Crippen LogP contribution in [0.15, 0.2) is 141 Å². The third-order valence-corrected chi connectivity index (χ3v) is 18.0. The Labute approximate surface area is 323 Å². The minimum atomic E-state index is -3.67. The van der Waals surface area contributed by atoms with E-state index in [1.54, 1.807) is 0 Å². The van der Waals surface area contributed by atoms with Gasteiger partial charge in [-0.3, -0.25) is 12.9 Å². The number of benzene rings is 4. The first kappa shape index (κ1) is 40.1. The minimum Gasteiger partial charge on any atom is -1.00 e. The van der Waals surface area contributed by atoms with Crippen LogP contribution in [0.3, 0.4) is 0 Å². The van der Waals surface area contributed by atoms with Gasteiger partial charge in [-0.25, -0.2) is 0 Å². The summed E-state index contributed by atoms with van der Waals surface area (Å²) in [6.45, 7) is 4.29. The van der Waals surface area contributed by atoms with E-state index in [-0.39, 0.29) is 21.7 Å². The molecule has 4 aromatic carbocycles. The molecule has 0 fully saturated rings. The summed E-state index contributed by atoms with van der Waals surface area (Å²) in [4.78, 5) is 11.1. The van der Waals surface area contributed by atoms with E-state index in [1.807, 2.05) is 94.1 Å². The maximum Gasteiger partial charge on any atom is 0.762 e. The van der Waals surface area contributed by atoms with Gasteiger partial charge in [0, 0.05) is 50.3 Å². The minimum absolute atomic E-state index is 0. The zero-order valence-corrected chi connectivity index (χ0v) is 33.5. The Hall–Kier alpha value is -0.655. The first-order valence-corrected chi connectivity index (χ1v) is 20.6. The molecule has 0 bridgehead atoms. The summed E-state index contributed by atoms with van der Waals surface area (Å²) in [5.41, 5.74) is 10.9. The highest BCUT2D eigenvalue weighted by atomic mass is 79.9. The second-order valence-electron chi connectivity index (χ2n) is 10.3. The van der Waals surface area contributed by atoms with Gasteiger partial charge in [0.15, 0.2) is 0 Å². The summed E-state index contributed by atoms with van der Waals surface area (Å²) in [5.74, 6) is 0. The molecule has 2 atom stereocenters. The predicted octanol–water partition coefficient (Wildman–Crippen LogP) is 5.31. The van der Waals surface area contributed by atoms with Crippen LogP contribution in [0.2, 0.25) is 0 Å². The molecule has 4 aliphatic heterocycles. The van der Waals surface area contributed by atoms with Crippen LogP contribution < -0.4 is 33.2 Å². The molecule has 48 heavy (non-hydrogen) atoms. The van der Waals surface area contributed by atoms with E-state index >= 15 is 0 Å². The van der Waals surface area contributed by atoms with Crippen LogP contribution in [0.25, 0.3) is 0 Å². The molecular weight excluding hydrogens is 836 g/mol. The van der Waals surface area contributed by atoms with Gasteiger partial charge in [0.1, 0.15) is 12.1 Å². The summed E-state index contributed by atoms with van der Waals surface area (Å²) in [6.07, 6.45) is 0. The first-order valence-electron chi connectivity index (χ1n) is 14.1. The molecule has 6 N–H and O–H groups in total. The summed E-state index contributed by atoms with van der Waals surface area (Å²) in [6, 6.07) is 31.5. The average Bonchev–Trinajstić information content (AvgIpc) is 3.83. The molecule has 0 aliphatic carbocycles. The van der Waals surface area contributed by atoms with Crippen molar-refractivity contribution in [2.75, 3.05) is 0 Å². The van der Waals surface area contributed by atoms with E-state index in [9.17, 15) is 12.9 Å². The zero-order chi connectivity index (χ0) is 32.4. The molecule has 8 rings (SSSR count). The van der Waals surface area contributed by atoms with E-state index in [0.29, 0.717) is 12.1 Å². The second-order valence-corrected chi connectivity index (χ2v) is 19.8. The van der Waals surface area contributed by atoms with Gasteiger partial charge in [-0.2, -0.15) is 0 Å². The van der Waals surface area contributed by atoms with Crippen LogP contribution in [0.5, 0.6) is 0 Å². The van der Waals surface area contributed by atoms with Gasteiger partial charge in [0.2, 0.25) is 0 Å². The van der Waals surface area contributed by atoms with E-state index < -0.39 is 7.54 Å². The van der Waals surface area contributed by atoms with Crippen molar-refractivity contribution in [3.63, 3.8) is 0 Å². The van der Waals surface area contributed by atoms with Crippen LogP contribution in [-0.2, 0) is 0 Å². The quantitative estimate of drug-likeness (QED) is 0.208. The largest absolute Gasteiger partial charge is 1.00 e. The first-order chi connectivity index (χ1) is 22.1. The molecule has 0 radical (unpaired) electrons. The average molecular weight is 864 g/mol. The highest BCUT2D eigenvalue weighted by Gasteiger charge is 2.28. The number of fused-ring (bicyclic) bond motifs is 4. The molecule has 0 spiro atoms. The second kappa shape index (κ2) is 18.2. The number of thioether (sulfide) groups is 8. The fourth-order valence-corrected chi connectivity index (χ4v) is 15.1. The molecule has 4 aliphatic rings. The highest BCUT2D eigenvalue weighted by molar-refractivity contribution is 8.31. The molecular formula is C32H28BBrF4N2S8. The predicted molar refractivity (Wildman–Crippen MR) is 198 cm³/mol. The Morgan fingerprint density at radius 1 is 0.458 bits per heavy atom. The van der Waals surface area contributed by atoms with E-state index in [4.69, 9.17) is 0 Å². The number of rotatable bonds is 2. The lowest BCUT2D eigenvalue weighted by Gasteiger charge is -2.03. The zero-order valence-electron chi connectivity index (χ0n) is 25.4. The fraction of sp³-hybridized carbons (Fsp3) is 0.125. The van der Waals surface area contributed by atoms with E-state index in [2.05, 4.69) is 110 Å². The Morgan fingerprint density at radius 2 is 0.688 bits per heavy atom. The fourth-order valence-electron chi connectivity index (χ4n) is 4.44. The molecule has 16 heteroatoms. The van der Waals surface area contributed by atoms with Crippen LogP contribution in [0.4, 0.5) is 12.9 Å². The molecule has 0 saturated carbocycles. The van der Waals surface area contributed by atoms with Crippen molar-refractivity contribution < 1.29 is 46.1 Å². The Kier molecular flexibility index (Phi) is 15.2. The Bertz CT molecular complexity index is 1660. The SMILES string of the molecule is CC([NH3+])c1ccc2c(c1)SC(=C1Sc3ccccc3S1)S2.CC([NH3+])c1ccc2c(c1)SC(=C1Sc3ccccc3S1)S2.FB(F)F.[Br-].[F-]. The molecule has 4 aromatic rings. The van der Waals surface area contributed by atoms with Gasteiger partial charge >= 0.3 is 7.54 Å². The van der Waals surface area contributed by atoms with Gasteiger partial charge in [-0.1, -0.05) is 130 Å². The highest BCUT2D eigenvalue weighted by Crippen LogP contribution is 2.62. The molecule has 2 nitrogen and oxygen atoms in total. The summed E-state index contributed by atoms with van der Waals surface area (Å²) >= 11 is 15.2. The van der Waals surface area contributed by atoms with Crippen LogP contribution in [0, 0.1) is 0 Å². The van der Waals surface area contributed by atoms with Crippen LogP contribution >= 0.6 is 94.1 Å². The van der Waals surface area contributed by atoms with Gasteiger partial charge in [-0.05, 0) is 62.4 Å². The third kappa shape index (κ3) is 9.81. The summed E-state index contributed by atoms with van der Waals surface area (Å²) < 4.78 is 34.7. The molecule has 0 aromatic heterocycles. The Balaban J connectivity index is 0.000000188. The number of quaternary nitrogens is 2. The van der Waals surface area contributed by atoms with Crippen molar-refractivity contribution in [1.29, 1.82) is 0 Å². The lowest BCUT2D eigenvalue weighted by atomic mass is 10.1. The molecule has 4 heterocycles. The summed E-state index contributed by atoms with van der Waals surface area (Å²) in [7, 11) is -3.67. The number of hydrogen-bond donors (Lipinski definition) is 2. The standard InChI is InChI=1S/2C16H13NS4.BF3.BrH.FH/c2*1-9(17)10-6-7-13-14(8-10)21-16(20-13)15-18-11-4-2-3-5-12(11)19-15;2-1(3)4;;/h2*2-9H,17H2,1H3;;2*1H. The number of halogens is 5. The van der Waals surface area contributed by atoms with Crippen molar-refractivity contribution >= 4 is 102 Å². The molecule has 0 saturated heterocycles. The molecule has 0 amide bonds. The topological polar surface area (TPSA) is 55.3 Å². The van der Waals surface area contributed by atoms with Gasteiger partial charge in [0.25, 0.3) is 0 Å². The normalized spacial score (nSPS) is 16.1. The van der Waals surface area contributed by atoms with Crippen molar-refractivity contribution in [3.05, 3.63) is 113 Å². The van der Waals surface area contributed by atoms with Gasteiger partial charge < -0.3 is 33.2 Å². The van der Waals surface area contributed by atoms with Crippen molar-refractivity contribution in [3.8, 4) is 0 Å². The lowest BCUT2D eigenvalue weighted by Crippen LogP contribution is -3.00. The third-order valence-electron chi connectivity index (χ3n) is 6.73. The maximum atomic E-state index is 9.67. The Morgan fingerprint density at radius 3 is 0.938 bits per heavy atom. The smallest absolute Gasteiger partial charge is 0.762 e. The van der Waals surface area contributed by atoms with Crippen LogP contribution in [0.1, 0.15) is 37.1 Å².